The van der Waals surface area contributed by atoms with Crippen LogP contribution in [-0.2, 0) is 9.59 Å². The normalized spacial score (nSPS) is 21.0. The highest BCUT2D eigenvalue weighted by Crippen LogP contribution is 2.22. The number of carbonyl (C=O) groups is 3. The first-order chi connectivity index (χ1) is 15.5. The van der Waals surface area contributed by atoms with E-state index in [4.69, 9.17) is 0 Å². The molecule has 0 aromatic heterocycles. The van der Waals surface area contributed by atoms with E-state index >= 15 is 0 Å². The number of halogens is 1. The summed E-state index contributed by atoms with van der Waals surface area (Å²) >= 11 is 0. The fourth-order valence-electron chi connectivity index (χ4n) is 4.92. The molecule has 174 valence electrons. The van der Waals surface area contributed by atoms with Crippen LogP contribution >= 0.6 is 0 Å². The van der Waals surface area contributed by atoms with Crippen LogP contribution in [-0.4, -0.2) is 96.2 Å². The fourth-order valence-corrected chi connectivity index (χ4v) is 4.92. The Hall–Kier alpha value is -2.48. The van der Waals surface area contributed by atoms with Crippen molar-refractivity contribution in [2.45, 2.75) is 32.1 Å². The highest BCUT2D eigenvalue weighted by Gasteiger charge is 2.32. The molecule has 32 heavy (non-hydrogen) atoms. The van der Waals surface area contributed by atoms with E-state index < -0.39 is 0 Å². The van der Waals surface area contributed by atoms with Crippen molar-refractivity contribution in [3.05, 3.63) is 35.6 Å². The third-order valence-electron chi connectivity index (χ3n) is 6.97. The number of carbonyl (C=O) groups excluding carboxylic acids is 3. The van der Waals surface area contributed by atoms with E-state index in [2.05, 4.69) is 4.90 Å². The van der Waals surface area contributed by atoms with Crippen LogP contribution in [0.4, 0.5) is 4.39 Å². The molecule has 0 saturated carbocycles. The number of hydrogen-bond acceptors (Lipinski definition) is 4. The Bertz CT molecular complexity index is 809. The summed E-state index contributed by atoms with van der Waals surface area (Å²) in [5.74, 6) is -0.151. The van der Waals surface area contributed by atoms with Gasteiger partial charge in [-0.15, -0.1) is 0 Å². The van der Waals surface area contributed by atoms with Gasteiger partial charge in [0.25, 0.3) is 5.91 Å². The molecular formula is C24H33FN4O3. The van der Waals surface area contributed by atoms with Gasteiger partial charge in [0.15, 0.2) is 0 Å². The molecule has 0 atom stereocenters. The smallest absolute Gasteiger partial charge is 0.253 e. The number of hydrogen-bond donors (Lipinski definition) is 0. The Labute approximate surface area is 189 Å². The van der Waals surface area contributed by atoms with Crippen molar-refractivity contribution in [3.63, 3.8) is 0 Å². The Balaban J connectivity index is 1.20. The molecular weight excluding hydrogens is 411 g/mol. The summed E-state index contributed by atoms with van der Waals surface area (Å²) in [5.41, 5.74) is 0.478. The van der Waals surface area contributed by atoms with E-state index in [0.717, 1.165) is 39.0 Å². The average Bonchev–Trinajstić information content (AvgIpc) is 2.85. The predicted octanol–water partition coefficient (Wildman–Crippen LogP) is 1.83. The average molecular weight is 445 g/mol. The van der Waals surface area contributed by atoms with E-state index in [1.54, 1.807) is 4.90 Å². The van der Waals surface area contributed by atoms with Crippen molar-refractivity contribution >= 4 is 17.7 Å². The lowest BCUT2D eigenvalue weighted by atomic mass is 9.94. The number of piperazine rings is 1. The predicted molar refractivity (Wildman–Crippen MR) is 118 cm³/mol. The van der Waals surface area contributed by atoms with E-state index in [1.807, 2.05) is 9.80 Å². The molecule has 0 N–H and O–H groups in total. The molecule has 4 rings (SSSR count). The molecule has 0 radical (unpaired) electrons. The van der Waals surface area contributed by atoms with Gasteiger partial charge in [-0.2, -0.15) is 0 Å². The van der Waals surface area contributed by atoms with Crippen LogP contribution in [0.15, 0.2) is 24.3 Å². The maximum absolute atomic E-state index is 13.1. The largest absolute Gasteiger partial charge is 0.342 e. The topological polar surface area (TPSA) is 64.2 Å². The van der Waals surface area contributed by atoms with E-state index in [9.17, 15) is 18.8 Å². The summed E-state index contributed by atoms with van der Waals surface area (Å²) in [6, 6.07) is 5.60. The third kappa shape index (κ3) is 5.46. The van der Waals surface area contributed by atoms with Gasteiger partial charge in [0.05, 0.1) is 6.54 Å². The molecule has 7 nitrogen and oxygen atoms in total. The first-order valence-electron chi connectivity index (χ1n) is 11.8. The molecule has 1 aromatic carbocycles. The second kappa shape index (κ2) is 10.4. The van der Waals surface area contributed by atoms with Gasteiger partial charge >= 0.3 is 0 Å². The van der Waals surface area contributed by atoms with Crippen LogP contribution in [0.1, 0.15) is 42.5 Å². The summed E-state index contributed by atoms with van der Waals surface area (Å²) < 4.78 is 13.1. The SMILES string of the molecule is O=C(CN1CCN(C(=O)C2CCN(C(=O)c3ccc(F)cc3)CC2)CC1)N1CCCCC1. The molecule has 0 bridgehead atoms. The van der Waals surface area contributed by atoms with E-state index in [0.29, 0.717) is 51.1 Å². The minimum atomic E-state index is -0.359. The first kappa shape index (κ1) is 22.7. The highest BCUT2D eigenvalue weighted by molar-refractivity contribution is 5.94. The second-order valence-corrected chi connectivity index (χ2v) is 9.12. The lowest BCUT2D eigenvalue weighted by Crippen LogP contribution is -2.54. The van der Waals surface area contributed by atoms with Gasteiger partial charge in [-0.3, -0.25) is 19.3 Å². The Morgan fingerprint density at radius 3 is 2.00 bits per heavy atom. The van der Waals surface area contributed by atoms with Gasteiger partial charge in [-0.25, -0.2) is 4.39 Å². The van der Waals surface area contributed by atoms with Crippen molar-refractivity contribution in [3.8, 4) is 0 Å². The molecule has 3 aliphatic heterocycles. The van der Waals surface area contributed by atoms with Crippen molar-refractivity contribution < 1.29 is 18.8 Å². The Morgan fingerprint density at radius 2 is 1.38 bits per heavy atom. The zero-order chi connectivity index (χ0) is 22.5. The monoisotopic (exact) mass is 444 g/mol. The summed E-state index contributed by atoms with van der Waals surface area (Å²) in [7, 11) is 0. The summed E-state index contributed by atoms with van der Waals surface area (Å²) in [5, 5.41) is 0. The number of benzene rings is 1. The number of rotatable bonds is 4. The number of piperidine rings is 2. The van der Waals surface area contributed by atoms with Gasteiger partial charge in [-0.1, -0.05) is 0 Å². The van der Waals surface area contributed by atoms with Crippen molar-refractivity contribution in [2.24, 2.45) is 5.92 Å². The van der Waals surface area contributed by atoms with Crippen molar-refractivity contribution in [1.29, 1.82) is 0 Å². The molecule has 8 heteroatoms. The van der Waals surface area contributed by atoms with Crippen molar-refractivity contribution in [1.82, 2.24) is 19.6 Å². The summed E-state index contributed by atoms with van der Waals surface area (Å²) in [6.45, 7) is 6.04. The number of nitrogens with zero attached hydrogens (tertiary/aromatic N) is 4. The van der Waals surface area contributed by atoms with Gasteiger partial charge in [0, 0.05) is 63.8 Å². The molecule has 1 aromatic rings. The second-order valence-electron chi connectivity index (χ2n) is 9.12. The van der Waals surface area contributed by atoms with Crippen LogP contribution in [0.2, 0.25) is 0 Å². The Kier molecular flexibility index (Phi) is 7.40. The van der Waals surface area contributed by atoms with E-state index in [-0.39, 0.29) is 29.5 Å². The highest BCUT2D eigenvalue weighted by atomic mass is 19.1. The molecule has 0 unspecified atom stereocenters. The minimum absolute atomic E-state index is 0.0613. The standard InChI is InChI=1S/C24H33FN4O3/c25-21-6-4-19(5-7-21)23(31)28-12-8-20(9-13-28)24(32)29-16-14-26(15-17-29)18-22(30)27-10-2-1-3-11-27/h4-7,20H,1-3,8-18H2. The molecule has 3 saturated heterocycles. The molecule has 3 heterocycles. The maximum Gasteiger partial charge on any atom is 0.253 e. The quantitative estimate of drug-likeness (QED) is 0.711. The van der Waals surface area contributed by atoms with E-state index in [1.165, 1.54) is 30.7 Å². The third-order valence-corrected chi connectivity index (χ3v) is 6.97. The zero-order valence-corrected chi connectivity index (χ0v) is 18.7. The lowest BCUT2D eigenvalue weighted by molar-refractivity contribution is -0.139. The molecule has 0 spiro atoms. The maximum atomic E-state index is 13.1. The fraction of sp³-hybridized carbons (Fsp3) is 0.625. The van der Waals surface area contributed by atoms with Crippen LogP contribution in [0.25, 0.3) is 0 Å². The minimum Gasteiger partial charge on any atom is -0.342 e. The van der Waals surface area contributed by atoms with Gasteiger partial charge in [-0.05, 0) is 56.4 Å². The molecule has 3 amide bonds. The van der Waals surface area contributed by atoms with Gasteiger partial charge in [0.2, 0.25) is 11.8 Å². The van der Waals surface area contributed by atoms with Crippen molar-refractivity contribution in [2.75, 3.05) is 58.9 Å². The number of amides is 3. The van der Waals surface area contributed by atoms with Crippen LogP contribution < -0.4 is 0 Å². The van der Waals surface area contributed by atoms with Crippen LogP contribution in [0.5, 0.6) is 0 Å². The lowest BCUT2D eigenvalue weighted by Gasteiger charge is -2.39. The first-order valence-corrected chi connectivity index (χ1v) is 11.8. The zero-order valence-electron chi connectivity index (χ0n) is 18.7. The molecule has 3 fully saturated rings. The summed E-state index contributed by atoms with van der Waals surface area (Å²) in [6.07, 6.45) is 4.72. The molecule has 0 aliphatic carbocycles. The van der Waals surface area contributed by atoms with Crippen LogP contribution in [0, 0.1) is 11.7 Å². The number of likely N-dealkylation sites (tertiary alicyclic amines) is 2. The van der Waals surface area contributed by atoms with Crippen LogP contribution in [0.3, 0.4) is 0 Å². The Morgan fingerprint density at radius 1 is 0.750 bits per heavy atom. The van der Waals surface area contributed by atoms with Gasteiger partial charge in [0.1, 0.15) is 5.82 Å². The van der Waals surface area contributed by atoms with Gasteiger partial charge < -0.3 is 14.7 Å². The molecule has 3 aliphatic rings. The summed E-state index contributed by atoms with van der Waals surface area (Å²) in [4.78, 5) is 45.9.